The molecule has 1 saturated heterocycles. The molecular weight excluding hydrogens is 439 g/mol. The van der Waals surface area contributed by atoms with Gasteiger partial charge in [-0.2, -0.15) is 0 Å². The Labute approximate surface area is 196 Å². The molecule has 2 heterocycles. The van der Waals surface area contributed by atoms with E-state index < -0.39 is 24.4 Å². The Hall–Kier alpha value is -2.88. The molecule has 2 N–H and O–H groups in total. The van der Waals surface area contributed by atoms with Crippen molar-refractivity contribution in [3.8, 4) is 0 Å². The molecule has 0 radical (unpaired) electrons. The maximum absolute atomic E-state index is 12.3. The highest BCUT2D eigenvalue weighted by atomic mass is 32.1. The first-order valence-electron chi connectivity index (χ1n) is 10.8. The van der Waals surface area contributed by atoms with Gasteiger partial charge in [-0.3, -0.25) is 4.79 Å². The molecule has 1 aromatic heterocycles. The molecule has 33 heavy (non-hydrogen) atoms. The zero-order chi connectivity index (χ0) is 23.6. The predicted octanol–water partition coefficient (Wildman–Crippen LogP) is 4.53. The first kappa shape index (κ1) is 23.3. The van der Waals surface area contributed by atoms with E-state index in [0.29, 0.717) is 0 Å². The van der Waals surface area contributed by atoms with Gasteiger partial charge in [0.25, 0.3) is 0 Å². The molecule has 7 nitrogen and oxygen atoms in total. The van der Waals surface area contributed by atoms with Gasteiger partial charge in [-0.25, -0.2) is 4.79 Å². The number of hydrogen-bond acceptors (Lipinski definition) is 6. The first-order chi connectivity index (χ1) is 15.6. The van der Waals surface area contributed by atoms with Crippen molar-refractivity contribution in [2.24, 2.45) is 0 Å². The van der Waals surface area contributed by atoms with Crippen LogP contribution >= 0.6 is 11.3 Å². The lowest BCUT2D eigenvalue weighted by atomic mass is 9.77. The summed E-state index contributed by atoms with van der Waals surface area (Å²) in [5.41, 5.74) is 2.29. The standard InChI is InChI=1S/C24H27BN2O5S/c1-23(2)24(3,4)32-25(31-23)18(12-17-10-11-19-20(13-17)33-22(29)27-19)14-26-21(28)30-15-16-8-6-5-7-9-16/h5-13H,14-15H2,1-4H3,(H,26,28)(H,27,29). The molecule has 0 spiro atoms. The van der Waals surface area contributed by atoms with Crippen LogP contribution in [0.15, 0.2) is 58.8 Å². The van der Waals surface area contributed by atoms with E-state index in [9.17, 15) is 9.59 Å². The number of aromatic amines is 1. The topological polar surface area (TPSA) is 89.7 Å². The molecule has 3 aromatic rings. The van der Waals surface area contributed by atoms with Gasteiger partial charge in [-0.05, 0) is 56.4 Å². The number of ether oxygens (including phenoxy) is 1. The molecule has 0 aliphatic carbocycles. The number of thiazole rings is 1. The number of amides is 1. The number of rotatable bonds is 6. The monoisotopic (exact) mass is 466 g/mol. The van der Waals surface area contributed by atoms with Gasteiger partial charge in [-0.15, -0.1) is 0 Å². The predicted molar refractivity (Wildman–Crippen MR) is 131 cm³/mol. The van der Waals surface area contributed by atoms with Crippen LogP contribution in [-0.2, 0) is 20.7 Å². The fourth-order valence-corrected chi connectivity index (χ4v) is 4.20. The third kappa shape index (κ3) is 5.38. The summed E-state index contributed by atoms with van der Waals surface area (Å²) in [6.45, 7) is 8.30. The van der Waals surface area contributed by atoms with Crippen LogP contribution in [0, 0.1) is 0 Å². The van der Waals surface area contributed by atoms with Gasteiger partial charge in [0.05, 0.1) is 21.4 Å². The second kappa shape index (κ2) is 9.17. The molecular formula is C24H27BN2O5S. The van der Waals surface area contributed by atoms with Crippen molar-refractivity contribution in [1.29, 1.82) is 0 Å². The van der Waals surface area contributed by atoms with Gasteiger partial charge in [0.2, 0.25) is 0 Å². The summed E-state index contributed by atoms with van der Waals surface area (Å²) in [7, 11) is -0.634. The Kier molecular flexibility index (Phi) is 6.47. The van der Waals surface area contributed by atoms with E-state index in [1.54, 1.807) is 0 Å². The van der Waals surface area contributed by atoms with Crippen molar-refractivity contribution in [3.63, 3.8) is 0 Å². The Morgan fingerprint density at radius 3 is 2.52 bits per heavy atom. The van der Waals surface area contributed by atoms with E-state index in [0.717, 1.165) is 38.2 Å². The molecule has 1 aliphatic heterocycles. The Balaban J connectivity index is 1.52. The van der Waals surface area contributed by atoms with Crippen LogP contribution in [0.5, 0.6) is 0 Å². The minimum absolute atomic E-state index is 0.0971. The minimum Gasteiger partial charge on any atom is -0.445 e. The summed E-state index contributed by atoms with van der Waals surface area (Å²) in [5.74, 6) is 0. The highest BCUT2D eigenvalue weighted by Gasteiger charge is 2.52. The zero-order valence-corrected chi connectivity index (χ0v) is 20.0. The molecule has 1 amide bonds. The number of nitrogens with one attached hydrogen (secondary N) is 2. The zero-order valence-electron chi connectivity index (χ0n) is 19.1. The van der Waals surface area contributed by atoms with Gasteiger partial charge < -0.3 is 24.3 Å². The van der Waals surface area contributed by atoms with Gasteiger partial charge >= 0.3 is 18.1 Å². The number of fused-ring (bicyclic) bond motifs is 1. The summed E-state index contributed by atoms with van der Waals surface area (Å²) in [4.78, 5) is 26.7. The Morgan fingerprint density at radius 1 is 1.12 bits per heavy atom. The number of H-pyrrole nitrogens is 1. The maximum Gasteiger partial charge on any atom is 0.492 e. The van der Waals surface area contributed by atoms with E-state index in [-0.39, 0.29) is 18.0 Å². The van der Waals surface area contributed by atoms with Crippen molar-refractivity contribution in [3.05, 3.63) is 74.8 Å². The lowest BCUT2D eigenvalue weighted by Crippen LogP contribution is -2.41. The van der Waals surface area contributed by atoms with Crippen molar-refractivity contribution in [2.75, 3.05) is 6.54 Å². The fraction of sp³-hybridized carbons (Fsp3) is 0.333. The quantitative estimate of drug-likeness (QED) is 0.521. The lowest BCUT2D eigenvalue weighted by molar-refractivity contribution is 0.00578. The molecule has 1 fully saturated rings. The number of carbonyl (C=O) groups excluding carboxylic acids is 1. The first-order valence-corrected chi connectivity index (χ1v) is 11.6. The second-order valence-corrected chi connectivity index (χ2v) is 10.0. The van der Waals surface area contributed by atoms with Crippen LogP contribution in [0.1, 0.15) is 38.8 Å². The molecule has 0 unspecified atom stereocenters. The van der Waals surface area contributed by atoms with Gasteiger partial charge in [0.1, 0.15) is 6.61 Å². The minimum atomic E-state index is -0.634. The summed E-state index contributed by atoms with van der Waals surface area (Å²) in [5, 5.41) is 2.80. The molecule has 0 atom stereocenters. The van der Waals surface area contributed by atoms with Crippen LogP contribution in [0.3, 0.4) is 0 Å². The van der Waals surface area contributed by atoms with E-state index in [1.807, 2.05) is 82.3 Å². The van der Waals surface area contributed by atoms with Crippen LogP contribution < -0.4 is 10.2 Å². The maximum atomic E-state index is 12.3. The van der Waals surface area contributed by atoms with Crippen LogP contribution in [0.25, 0.3) is 16.3 Å². The average Bonchev–Trinajstić information content (AvgIpc) is 3.24. The summed E-state index contributed by atoms with van der Waals surface area (Å²) < 4.78 is 18.6. The smallest absolute Gasteiger partial charge is 0.445 e. The van der Waals surface area contributed by atoms with Gasteiger partial charge in [-0.1, -0.05) is 53.8 Å². The highest BCUT2D eigenvalue weighted by Crippen LogP contribution is 2.38. The van der Waals surface area contributed by atoms with Crippen LogP contribution in [0.4, 0.5) is 4.79 Å². The molecule has 1 aliphatic rings. The molecule has 172 valence electrons. The Morgan fingerprint density at radius 2 is 1.82 bits per heavy atom. The summed E-state index contributed by atoms with van der Waals surface area (Å²) >= 11 is 1.16. The second-order valence-electron chi connectivity index (χ2n) is 8.99. The van der Waals surface area contributed by atoms with Crippen molar-refractivity contribution >= 4 is 40.8 Å². The third-order valence-electron chi connectivity index (χ3n) is 6.00. The van der Waals surface area contributed by atoms with Crippen molar-refractivity contribution < 1.29 is 18.8 Å². The lowest BCUT2D eigenvalue weighted by Gasteiger charge is -2.32. The van der Waals surface area contributed by atoms with E-state index >= 15 is 0 Å². The molecule has 4 rings (SSSR count). The average molecular weight is 466 g/mol. The molecule has 9 heteroatoms. The number of aromatic nitrogens is 1. The number of alkyl carbamates (subject to hydrolysis) is 1. The summed E-state index contributed by atoms with van der Waals surface area (Å²) in [6.07, 6.45) is 1.39. The van der Waals surface area contributed by atoms with Crippen LogP contribution in [-0.4, -0.2) is 35.9 Å². The normalized spacial score (nSPS) is 17.3. The van der Waals surface area contributed by atoms with E-state index in [1.165, 1.54) is 0 Å². The molecule has 0 saturated carbocycles. The van der Waals surface area contributed by atoms with Crippen LogP contribution in [0.2, 0.25) is 0 Å². The van der Waals surface area contributed by atoms with Crippen molar-refractivity contribution in [1.82, 2.24) is 10.3 Å². The summed E-state index contributed by atoms with van der Waals surface area (Å²) in [6, 6.07) is 15.2. The molecule has 0 bridgehead atoms. The number of hydrogen-bond donors (Lipinski definition) is 2. The van der Waals surface area contributed by atoms with Gasteiger partial charge in [0, 0.05) is 6.54 Å². The number of benzene rings is 2. The van der Waals surface area contributed by atoms with E-state index in [2.05, 4.69) is 10.3 Å². The van der Waals surface area contributed by atoms with E-state index in [4.69, 9.17) is 14.0 Å². The highest BCUT2D eigenvalue weighted by molar-refractivity contribution is 7.16. The SMILES string of the molecule is CC1(C)OB(C(=Cc2ccc3[nH]c(=O)sc3c2)CNC(=O)OCc2ccccc2)OC1(C)C. The fourth-order valence-electron chi connectivity index (χ4n) is 3.41. The van der Waals surface area contributed by atoms with Gasteiger partial charge in [0.15, 0.2) is 0 Å². The number of carbonyl (C=O) groups is 1. The van der Waals surface area contributed by atoms with Crippen molar-refractivity contribution in [2.45, 2.75) is 45.5 Å². The third-order valence-corrected chi connectivity index (χ3v) is 6.85. The Bertz CT molecular complexity index is 1220. The largest absolute Gasteiger partial charge is 0.492 e. The molecule has 2 aromatic carbocycles.